The molecule has 0 aliphatic carbocycles. The van der Waals surface area contributed by atoms with Gasteiger partial charge in [-0.2, -0.15) is 0 Å². The van der Waals surface area contributed by atoms with Gasteiger partial charge < -0.3 is 10.2 Å². The van der Waals surface area contributed by atoms with Crippen molar-refractivity contribution < 1.29 is 4.21 Å². The van der Waals surface area contributed by atoms with Crippen LogP contribution < -0.4 is 10.2 Å². The lowest BCUT2D eigenvalue weighted by atomic mass is 10.1. The highest BCUT2D eigenvalue weighted by Gasteiger charge is 2.18. The van der Waals surface area contributed by atoms with Gasteiger partial charge >= 0.3 is 0 Å². The van der Waals surface area contributed by atoms with Crippen molar-refractivity contribution in [1.82, 2.24) is 5.32 Å². The van der Waals surface area contributed by atoms with Crippen LogP contribution in [-0.4, -0.2) is 35.3 Å². The number of halogens is 1. The molecule has 1 fully saturated rings. The lowest BCUT2D eigenvalue weighted by molar-refractivity contribution is 0.666. The molecule has 19 heavy (non-hydrogen) atoms. The van der Waals surface area contributed by atoms with Gasteiger partial charge in [-0.15, -0.1) is 0 Å². The summed E-state index contributed by atoms with van der Waals surface area (Å²) in [5.41, 5.74) is 2.35. The van der Waals surface area contributed by atoms with Crippen LogP contribution >= 0.6 is 11.6 Å². The van der Waals surface area contributed by atoms with Crippen molar-refractivity contribution in [3.63, 3.8) is 0 Å². The molecule has 1 aromatic rings. The molecule has 0 spiro atoms. The number of hydrogen-bond acceptors (Lipinski definition) is 3. The zero-order valence-electron chi connectivity index (χ0n) is 11.3. The third-order valence-electron chi connectivity index (χ3n) is 3.34. The first-order chi connectivity index (χ1) is 9.22. The van der Waals surface area contributed by atoms with Gasteiger partial charge in [-0.25, -0.2) is 0 Å². The van der Waals surface area contributed by atoms with Crippen LogP contribution in [0.2, 0.25) is 5.02 Å². The highest BCUT2D eigenvalue weighted by atomic mass is 35.5. The van der Waals surface area contributed by atoms with Gasteiger partial charge in [0.25, 0.3) is 0 Å². The van der Waals surface area contributed by atoms with Gasteiger partial charge in [0.15, 0.2) is 0 Å². The quantitative estimate of drug-likeness (QED) is 0.848. The van der Waals surface area contributed by atoms with Crippen molar-refractivity contribution in [3.05, 3.63) is 28.8 Å². The molecule has 1 aliphatic heterocycles. The Hall–Kier alpha value is -0.580. The molecule has 0 aromatic heterocycles. The summed E-state index contributed by atoms with van der Waals surface area (Å²) in [4.78, 5) is 2.30. The molecule has 0 amide bonds. The SMILES string of the molecule is CCCNCc1c(Cl)cccc1N1CCS(=O)CC1. The van der Waals surface area contributed by atoms with E-state index >= 15 is 0 Å². The van der Waals surface area contributed by atoms with E-state index in [1.165, 1.54) is 5.69 Å². The first-order valence-electron chi connectivity index (χ1n) is 6.80. The second-order valence-corrected chi connectivity index (χ2v) is 6.85. The van der Waals surface area contributed by atoms with Gasteiger partial charge in [0, 0.05) is 58.2 Å². The Morgan fingerprint density at radius 1 is 1.37 bits per heavy atom. The third kappa shape index (κ3) is 3.94. The zero-order valence-corrected chi connectivity index (χ0v) is 12.9. The molecule has 0 unspecified atom stereocenters. The van der Waals surface area contributed by atoms with E-state index in [1.54, 1.807) is 0 Å². The minimum atomic E-state index is -0.644. The molecule has 1 heterocycles. The molecule has 1 saturated heterocycles. The number of benzene rings is 1. The Bertz CT molecular complexity index is 443. The van der Waals surface area contributed by atoms with Crippen molar-refractivity contribution in [2.75, 3.05) is 36.0 Å². The van der Waals surface area contributed by atoms with E-state index in [0.29, 0.717) is 0 Å². The van der Waals surface area contributed by atoms with Crippen LogP contribution in [0.3, 0.4) is 0 Å². The molecule has 1 aliphatic rings. The second kappa shape index (κ2) is 7.27. The summed E-state index contributed by atoms with van der Waals surface area (Å²) >= 11 is 6.33. The summed E-state index contributed by atoms with van der Waals surface area (Å²) in [5.74, 6) is 1.52. The Kier molecular flexibility index (Phi) is 5.67. The monoisotopic (exact) mass is 300 g/mol. The maximum absolute atomic E-state index is 11.4. The van der Waals surface area contributed by atoms with E-state index in [2.05, 4.69) is 23.2 Å². The summed E-state index contributed by atoms with van der Waals surface area (Å²) in [7, 11) is -0.644. The highest BCUT2D eigenvalue weighted by Crippen LogP contribution is 2.28. The summed E-state index contributed by atoms with van der Waals surface area (Å²) < 4.78 is 11.4. The van der Waals surface area contributed by atoms with Gasteiger partial charge in [-0.05, 0) is 25.1 Å². The summed E-state index contributed by atoms with van der Waals surface area (Å²) in [5, 5.41) is 4.22. The van der Waals surface area contributed by atoms with Crippen LogP contribution in [0, 0.1) is 0 Å². The number of hydrogen-bond donors (Lipinski definition) is 1. The van der Waals surface area contributed by atoms with Crippen LogP contribution in [0.1, 0.15) is 18.9 Å². The van der Waals surface area contributed by atoms with Crippen molar-refractivity contribution in [2.45, 2.75) is 19.9 Å². The fourth-order valence-corrected chi connectivity index (χ4v) is 3.58. The van der Waals surface area contributed by atoms with Crippen molar-refractivity contribution in [3.8, 4) is 0 Å². The van der Waals surface area contributed by atoms with Crippen molar-refractivity contribution in [2.24, 2.45) is 0 Å². The van der Waals surface area contributed by atoms with Crippen LogP contribution in [-0.2, 0) is 17.3 Å². The molecule has 1 N–H and O–H groups in total. The number of rotatable bonds is 5. The Labute approximate surface area is 122 Å². The van der Waals surface area contributed by atoms with Gasteiger partial charge in [-0.3, -0.25) is 4.21 Å². The molecule has 0 radical (unpaired) electrons. The minimum Gasteiger partial charge on any atom is -0.369 e. The van der Waals surface area contributed by atoms with Gasteiger partial charge in [0.05, 0.1) is 0 Å². The van der Waals surface area contributed by atoms with Gasteiger partial charge in [-0.1, -0.05) is 24.6 Å². The predicted molar refractivity (Wildman–Crippen MR) is 83.5 cm³/mol. The molecule has 1 aromatic carbocycles. The van der Waals surface area contributed by atoms with Crippen LogP contribution in [0.15, 0.2) is 18.2 Å². The normalized spacial score (nSPS) is 16.8. The third-order valence-corrected chi connectivity index (χ3v) is 4.97. The van der Waals surface area contributed by atoms with E-state index in [0.717, 1.165) is 54.7 Å². The fourth-order valence-electron chi connectivity index (χ4n) is 2.29. The van der Waals surface area contributed by atoms with Gasteiger partial charge in [0.2, 0.25) is 0 Å². The molecule has 0 atom stereocenters. The maximum Gasteiger partial charge on any atom is 0.0471 e. The van der Waals surface area contributed by atoms with Crippen molar-refractivity contribution in [1.29, 1.82) is 0 Å². The lowest BCUT2D eigenvalue weighted by Gasteiger charge is -2.30. The topological polar surface area (TPSA) is 32.3 Å². The smallest absolute Gasteiger partial charge is 0.0471 e. The summed E-state index contributed by atoms with van der Waals surface area (Å²) in [6, 6.07) is 6.05. The first kappa shape index (κ1) is 14.8. The lowest BCUT2D eigenvalue weighted by Crippen LogP contribution is -2.38. The van der Waals surface area contributed by atoms with Crippen LogP contribution in [0.4, 0.5) is 5.69 Å². The van der Waals surface area contributed by atoms with Gasteiger partial charge in [0.1, 0.15) is 0 Å². The minimum absolute atomic E-state index is 0.644. The number of nitrogens with zero attached hydrogens (tertiary/aromatic N) is 1. The second-order valence-electron chi connectivity index (χ2n) is 4.75. The zero-order chi connectivity index (χ0) is 13.7. The number of anilines is 1. The molecule has 0 bridgehead atoms. The molecule has 106 valence electrons. The highest BCUT2D eigenvalue weighted by molar-refractivity contribution is 7.85. The summed E-state index contributed by atoms with van der Waals surface area (Å²) in [6.07, 6.45) is 1.11. The molecular formula is C14H21ClN2OS. The molecule has 3 nitrogen and oxygen atoms in total. The van der Waals surface area contributed by atoms with E-state index in [9.17, 15) is 4.21 Å². The van der Waals surface area contributed by atoms with E-state index in [1.807, 2.05) is 12.1 Å². The molecular weight excluding hydrogens is 280 g/mol. The Morgan fingerprint density at radius 2 is 2.11 bits per heavy atom. The molecule has 0 saturated carbocycles. The number of nitrogens with one attached hydrogen (secondary N) is 1. The van der Waals surface area contributed by atoms with Crippen LogP contribution in [0.5, 0.6) is 0 Å². The average molecular weight is 301 g/mol. The first-order valence-corrected chi connectivity index (χ1v) is 8.67. The predicted octanol–water partition coefficient (Wildman–Crippen LogP) is 2.41. The summed E-state index contributed by atoms with van der Waals surface area (Å²) in [6.45, 7) is 5.65. The largest absolute Gasteiger partial charge is 0.369 e. The average Bonchev–Trinajstić information content (AvgIpc) is 2.42. The van der Waals surface area contributed by atoms with E-state index in [4.69, 9.17) is 11.6 Å². The van der Waals surface area contributed by atoms with E-state index < -0.39 is 10.8 Å². The fraction of sp³-hybridized carbons (Fsp3) is 0.571. The Balaban J connectivity index is 2.14. The standard InChI is InChI=1S/C14H21ClN2OS/c1-2-6-16-11-12-13(15)4-3-5-14(12)17-7-9-19(18)10-8-17/h3-5,16H,2,6-11H2,1H3. The molecule has 5 heteroatoms. The van der Waals surface area contributed by atoms with E-state index in [-0.39, 0.29) is 0 Å². The maximum atomic E-state index is 11.4. The van der Waals surface area contributed by atoms with Crippen molar-refractivity contribution >= 4 is 28.1 Å². The van der Waals surface area contributed by atoms with Crippen LogP contribution in [0.25, 0.3) is 0 Å². The Morgan fingerprint density at radius 3 is 2.79 bits per heavy atom. The molecule has 2 rings (SSSR count).